The number of rotatable bonds is 4. The summed E-state index contributed by atoms with van der Waals surface area (Å²) in [6.07, 6.45) is 10.7. The van der Waals surface area contributed by atoms with Crippen LogP contribution in [0, 0.1) is 31.6 Å². The Morgan fingerprint density at radius 1 is 1.20 bits per heavy atom. The van der Waals surface area contributed by atoms with Crippen molar-refractivity contribution >= 4 is 17.0 Å². The second-order valence-corrected chi connectivity index (χ2v) is 5.44. The summed E-state index contributed by atoms with van der Waals surface area (Å²) >= 11 is 0. The first kappa shape index (κ1) is 16.3. The van der Waals surface area contributed by atoms with Crippen LogP contribution in [0.3, 0.4) is 0 Å². The SMILES string of the molecule is C#CCN(CC#C)C(=O)c1cc(-c2ccccc2)nc2onc(C)c12. The average molecular weight is 329 g/mol. The minimum Gasteiger partial charge on any atom is -0.335 e. The van der Waals surface area contributed by atoms with Crippen molar-refractivity contribution in [1.82, 2.24) is 15.0 Å². The van der Waals surface area contributed by atoms with E-state index in [2.05, 4.69) is 22.0 Å². The van der Waals surface area contributed by atoms with Crippen molar-refractivity contribution in [2.45, 2.75) is 6.92 Å². The molecule has 3 rings (SSSR count). The molecule has 0 unspecified atom stereocenters. The van der Waals surface area contributed by atoms with E-state index in [-0.39, 0.29) is 19.0 Å². The second-order valence-electron chi connectivity index (χ2n) is 5.44. The first-order valence-electron chi connectivity index (χ1n) is 7.64. The Kier molecular flexibility index (Phi) is 4.50. The number of carbonyl (C=O) groups excluding carboxylic acids is 1. The van der Waals surface area contributed by atoms with Crippen LogP contribution in [0.5, 0.6) is 0 Å². The highest BCUT2D eigenvalue weighted by Crippen LogP contribution is 2.27. The van der Waals surface area contributed by atoms with Gasteiger partial charge in [-0.1, -0.05) is 47.3 Å². The Morgan fingerprint density at radius 2 is 1.88 bits per heavy atom. The number of terminal acetylenes is 2. The predicted molar refractivity (Wildman–Crippen MR) is 95.5 cm³/mol. The molecule has 0 aliphatic rings. The molecule has 0 spiro atoms. The lowest BCUT2D eigenvalue weighted by atomic mass is 10.0. The standard InChI is InChI=1S/C20H15N3O2/c1-4-11-23(12-5-2)20(24)16-13-17(15-9-7-6-8-10-15)21-19-18(16)14(3)22-25-19/h1-2,6-10,13H,11-12H2,3H3. The van der Waals surface area contributed by atoms with Crippen molar-refractivity contribution in [1.29, 1.82) is 0 Å². The largest absolute Gasteiger partial charge is 0.335 e. The van der Waals surface area contributed by atoms with Crippen molar-refractivity contribution in [3.8, 4) is 35.9 Å². The normalized spacial score (nSPS) is 10.2. The topological polar surface area (TPSA) is 59.2 Å². The summed E-state index contributed by atoms with van der Waals surface area (Å²) in [7, 11) is 0. The maximum atomic E-state index is 13.0. The Morgan fingerprint density at radius 3 is 2.52 bits per heavy atom. The molecule has 0 fully saturated rings. The van der Waals surface area contributed by atoms with Gasteiger partial charge in [0.2, 0.25) is 0 Å². The summed E-state index contributed by atoms with van der Waals surface area (Å²) in [4.78, 5) is 18.9. The molecule has 0 atom stereocenters. The number of aryl methyl sites for hydroxylation is 1. The molecule has 0 aliphatic carbocycles. The molecular formula is C20H15N3O2. The first-order chi connectivity index (χ1) is 12.2. The highest BCUT2D eigenvalue weighted by atomic mass is 16.5. The molecule has 25 heavy (non-hydrogen) atoms. The lowest BCUT2D eigenvalue weighted by Gasteiger charge is -2.18. The molecule has 2 aromatic heterocycles. The number of aromatic nitrogens is 2. The molecule has 0 radical (unpaired) electrons. The number of carbonyl (C=O) groups is 1. The number of nitrogens with zero attached hydrogens (tertiary/aromatic N) is 3. The molecule has 5 heteroatoms. The Bertz CT molecular complexity index is 991. The predicted octanol–water partition coefficient (Wildman–Crippen LogP) is 2.91. The second kappa shape index (κ2) is 6.90. The zero-order valence-corrected chi connectivity index (χ0v) is 13.7. The molecule has 1 aromatic carbocycles. The quantitative estimate of drug-likeness (QED) is 0.691. The van der Waals surface area contributed by atoms with Gasteiger partial charge in [0.15, 0.2) is 0 Å². The van der Waals surface area contributed by atoms with Gasteiger partial charge in [0, 0.05) is 5.56 Å². The van der Waals surface area contributed by atoms with Gasteiger partial charge in [-0.15, -0.1) is 12.8 Å². The summed E-state index contributed by atoms with van der Waals surface area (Å²) in [5, 5.41) is 4.51. The molecular weight excluding hydrogens is 314 g/mol. The van der Waals surface area contributed by atoms with E-state index in [0.717, 1.165) is 5.56 Å². The van der Waals surface area contributed by atoms with Gasteiger partial charge in [-0.05, 0) is 13.0 Å². The molecule has 0 saturated carbocycles. The smallest absolute Gasteiger partial charge is 0.259 e. The molecule has 0 saturated heterocycles. The van der Waals surface area contributed by atoms with E-state index in [1.54, 1.807) is 13.0 Å². The van der Waals surface area contributed by atoms with Crippen LogP contribution in [0.2, 0.25) is 0 Å². The van der Waals surface area contributed by atoms with Crippen molar-refractivity contribution in [2.75, 3.05) is 13.1 Å². The Hall–Kier alpha value is -3.57. The monoisotopic (exact) mass is 329 g/mol. The van der Waals surface area contributed by atoms with E-state index in [9.17, 15) is 4.79 Å². The van der Waals surface area contributed by atoms with E-state index in [4.69, 9.17) is 17.4 Å². The third kappa shape index (κ3) is 3.08. The maximum absolute atomic E-state index is 13.0. The van der Waals surface area contributed by atoms with Crippen LogP contribution in [0.25, 0.3) is 22.4 Å². The van der Waals surface area contributed by atoms with Crippen molar-refractivity contribution in [3.63, 3.8) is 0 Å². The lowest BCUT2D eigenvalue weighted by Crippen LogP contribution is -2.32. The molecule has 3 aromatic rings. The highest BCUT2D eigenvalue weighted by molar-refractivity contribution is 6.07. The average Bonchev–Trinajstić information content (AvgIpc) is 3.02. The van der Waals surface area contributed by atoms with E-state index in [0.29, 0.717) is 28.1 Å². The number of pyridine rings is 1. The van der Waals surface area contributed by atoms with Gasteiger partial charge >= 0.3 is 0 Å². The summed E-state index contributed by atoms with van der Waals surface area (Å²) in [6, 6.07) is 11.3. The summed E-state index contributed by atoms with van der Waals surface area (Å²) < 4.78 is 5.29. The van der Waals surface area contributed by atoms with Gasteiger partial charge in [-0.3, -0.25) is 4.79 Å². The van der Waals surface area contributed by atoms with Gasteiger partial charge in [0.05, 0.1) is 35.4 Å². The summed E-state index contributed by atoms with van der Waals surface area (Å²) in [5.74, 6) is 4.65. The third-order valence-electron chi connectivity index (χ3n) is 3.77. The van der Waals surface area contributed by atoms with Crippen molar-refractivity contribution < 1.29 is 9.32 Å². The molecule has 122 valence electrons. The van der Waals surface area contributed by atoms with Gasteiger partial charge < -0.3 is 9.42 Å². The van der Waals surface area contributed by atoms with Gasteiger partial charge in [-0.2, -0.15) is 0 Å². The number of amides is 1. The van der Waals surface area contributed by atoms with Gasteiger partial charge in [0.25, 0.3) is 11.6 Å². The fourth-order valence-corrected chi connectivity index (χ4v) is 2.61. The molecule has 0 N–H and O–H groups in total. The molecule has 1 amide bonds. The maximum Gasteiger partial charge on any atom is 0.259 e. The van der Waals surface area contributed by atoms with Gasteiger partial charge in [0.1, 0.15) is 0 Å². The zero-order valence-electron chi connectivity index (χ0n) is 13.7. The number of benzene rings is 1. The van der Waals surface area contributed by atoms with Crippen LogP contribution in [0.1, 0.15) is 16.1 Å². The van der Waals surface area contributed by atoms with Crippen molar-refractivity contribution in [2.24, 2.45) is 0 Å². The van der Waals surface area contributed by atoms with Gasteiger partial charge in [-0.25, -0.2) is 4.98 Å². The van der Waals surface area contributed by atoms with Crippen LogP contribution >= 0.6 is 0 Å². The minimum absolute atomic E-state index is 0.123. The lowest BCUT2D eigenvalue weighted by molar-refractivity contribution is 0.0798. The van der Waals surface area contributed by atoms with Crippen LogP contribution in [0.15, 0.2) is 40.9 Å². The molecule has 0 aliphatic heterocycles. The fraction of sp³-hybridized carbons (Fsp3) is 0.150. The van der Waals surface area contributed by atoms with E-state index in [1.807, 2.05) is 30.3 Å². The summed E-state index contributed by atoms with van der Waals surface area (Å²) in [6.45, 7) is 2.01. The van der Waals surface area contributed by atoms with Crippen LogP contribution in [-0.2, 0) is 0 Å². The Balaban J connectivity index is 2.19. The first-order valence-corrected chi connectivity index (χ1v) is 7.64. The fourth-order valence-electron chi connectivity index (χ4n) is 2.61. The highest BCUT2D eigenvalue weighted by Gasteiger charge is 2.22. The minimum atomic E-state index is -0.271. The molecule has 5 nitrogen and oxygen atoms in total. The molecule has 2 heterocycles. The van der Waals surface area contributed by atoms with E-state index in [1.165, 1.54) is 4.90 Å². The number of hydrogen-bond donors (Lipinski definition) is 0. The molecule has 0 bridgehead atoms. The van der Waals surface area contributed by atoms with Crippen LogP contribution < -0.4 is 0 Å². The number of fused-ring (bicyclic) bond motifs is 1. The van der Waals surface area contributed by atoms with E-state index < -0.39 is 0 Å². The number of hydrogen-bond acceptors (Lipinski definition) is 4. The zero-order chi connectivity index (χ0) is 17.8. The van der Waals surface area contributed by atoms with Crippen LogP contribution in [0.4, 0.5) is 0 Å². The van der Waals surface area contributed by atoms with Crippen molar-refractivity contribution in [3.05, 3.63) is 47.7 Å². The van der Waals surface area contributed by atoms with Crippen LogP contribution in [-0.4, -0.2) is 34.0 Å². The summed E-state index contributed by atoms with van der Waals surface area (Å²) in [5.41, 5.74) is 2.81. The Labute approximate surface area is 145 Å². The van der Waals surface area contributed by atoms with E-state index >= 15 is 0 Å². The third-order valence-corrected chi connectivity index (χ3v) is 3.77.